The Morgan fingerprint density at radius 3 is 2.74 bits per heavy atom. The van der Waals surface area contributed by atoms with Crippen LogP contribution in [-0.2, 0) is 13.6 Å². The van der Waals surface area contributed by atoms with Gasteiger partial charge in [-0.15, -0.1) is 0 Å². The second-order valence-electron chi connectivity index (χ2n) is 5.80. The van der Waals surface area contributed by atoms with Gasteiger partial charge in [-0.25, -0.2) is 0 Å². The van der Waals surface area contributed by atoms with Crippen LogP contribution in [0.4, 0.5) is 0 Å². The minimum atomic E-state index is 0.364. The summed E-state index contributed by atoms with van der Waals surface area (Å²) in [5, 5.41) is 9.24. The molecule has 19 heavy (non-hydrogen) atoms. The van der Waals surface area contributed by atoms with E-state index in [9.17, 15) is 0 Å². The molecule has 0 amide bonds. The molecule has 0 unspecified atom stereocenters. The van der Waals surface area contributed by atoms with Crippen LogP contribution >= 0.6 is 11.8 Å². The molecule has 0 bridgehead atoms. The molecule has 1 N–H and O–H groups in total. The van der Waals surface area contributed by atoms with Crippen molar-refractivity contribution in [2.24, 2.45) is 12.0 Å². The summed E-state index contributed by atoms with van der Waals surface area (Å²) < 4.78 is 1.94. The first kappa shape index (κ1) is 13.0. The molecule has 1 saturated heterocycles. The molecule has 1 aromatic heterocycles. The van der Waals surface area contributed by atoms with Crippen molar-refractivity contribution in [2.45, 2.75) is 51.6 Å². The highest BCUT2D eigenvalue weighted by molar-refractivity contribution is 8.14. The lowest BCUT2D eigenvalue weighted by atomic mass is 10.0. The van der Waals surface area contributed by atoms with Gasteiger partial charge in [0.15, 0.2) is 5.17 Å². The van der Waals surface area contributed by atoms with Crippen LogP contribution in [0.15, 0.2) is 4.99 Å². The van der Waals surface area contributed by atoms with Crippen LogP contribution in [0.25, 0.3) is 0 Å². The van der Waals surface area contributed by atoms with Gasteiger partial charge in [0, 0.05) is 29.6 Å². The van der Waals surface area contributed by atoms with Crippen molar-refractivity contribution in [2.75, 3.05) is 5.75 Å². The van der Waals surface area contributed by atoms with Crippen LogP contribution in [0.3, 0.4) is 0 Å². The highest BCUT2D eigenvalue weighted by Crippen LogP contribution is 2.37. The maximum absolute atomic E-state index is 4.76. The molecule has 2 fully saturated rings. The van der Waals surface area contributed by atoms with Gasteiger partial charge in [-0.1, -0.05) is 24.6 Å². The Balaban J connectivity index is 1.70. The van der Waals surface area contributed by atoms with Gasteiger partial charge in [0.2, 0.25) is 0 Å². The molecule has 104 valence electrons. The number of nitrogens with one attached hydrogen (secondary N) is 1. The molecule has 0 atom stereocenters. The fourth-order valence-electron chi connectivity index (χ4n) is 3.11. The first-order chi connectivity index (χ1) is 9.10. The number of hydrogen-bond acceptors (Lipinski definition) is 3. The average molecular weight is 278 g/mol. The van der Waals surface area contributed by atoms with Crippen molar-refractivity contribution in [3.8, 4) is 0 Å². The van der Waals surface area contributed by atoms with E-state index in [0.717, 1.165) is 17.4 Å². The normalized spacial score (nSPS) is 23.4. The Morgan fingerprint density at radius 1 is 1.37 bits per heavy atom. The molecule has 1 aliphatic carbocycles. The second kappa shape index (κ2) is 4.85. The van der Waals surface area contributed by atoms with Gasteiger partial charge in [0.05, 0.1) is 12.2 Å². The molecule has 3 rings (SSSR count). The number of aryl methyl sites for hydroxylation is 2. The molecule has 5 heteroatoms. The number of rotatable bonds is 2. The number of nitrogens with zero attached hydrogens (tertiary/aromatic N) is 3. The van der Waals surface area contributed by atoms with Crippen LogP contribution in [0.2, 0.25) is 0 Å². The summed E-state index contributed by atoms with van der Waals surface area (Å²) >= 11 is 1.89. The molecular formula is C14H22N4S. The van der Waals surface area contributed by atoms with E-state index in [1.165, 1.54) is 42.7 Å². The third-order valence-corrected chi connectivity index (χ3v) is 5.66. The summed E-state index contributed by atoms with van der Waals surface area (Å²) in [6.45, 7) is 4.93. The number of thioether (sulfide) groups is 1. The summed E-state index contributed by atoms with van der Waals surface area (Å²) in [5.74, 6) is 1.19. The lowest BCUT2D eigenvalue weighted by molar-refractivity contribution is 0.452. The van der Waals surface area contributed by atoms with Gasteiger partial charge in [-0.3, -0.25) is 9.67 Å². The van der Waals surface area contributed by atoms with Gasteiger partial charge in [0.25, 0.3) is 0 Å². The minimum Gasteiger partial charge on any atom is -0.359 e. The summed E-state index contributed by atoms with van der Waals surface area (Å²) in [6, 6.07) is 0. The van der Waals surface area contributed by atoms with E-state index in [4.69, 9.17) is 4.99 Å². The monoisotopic (exact) mass is 278 g/mol. The lowest BCUT2D eigenvalue weighted by Gasteiger charge is -2.21. The zero-order valence-electron chi connectivity index (χ0n) is 12.0. The Hall–Kier alpha value is -0.970. The Bertz CT molecular complexity index is 512. The Labute approximate surface area is 119 Å². The quantitative estimate of drug-likeness (QED) is 0.904. The smallest absolute Gasteiger partial charge is 0.157 e. The maximum Gasteiger partial charge on any atom is 0.157 e. The Morgan fingerprint density at radius 2 is 2.11 bits per heavy atom. The van der Waals surface area contributed by atoms with E-state index in [2.05, 4.69) is 24.3 Å². The van der Waals surface area contributed by atoms with E-state index < -0.39 is 0 Å². The van der Waals surface area contributed by atoms with Crippen molar-refractivity contribution in [3.05, 3.63) is 17.0 Å². The number of amidine groups is 1. The molecule has 0 radical (unpaired) electrons. The fraction of sp³-hybridized carbons (Fsp3) is 0.714. The van der Waals surface area contributed by atoms with Gasteiger partial charge in [0.1, 0.15) is 0 Å². The van der Waals surface area contributed by atoms with Crippen molar-refractivity contribution in [1.29, 1.82) is 0 Å². The largest absolute Gasteiger partial charge is 0.359 e. The first-order valence-corrected chi connectivity index (χ1v) is 8.03. The van der Waals surface area contributed by atoms with Crippen molar-refractivity contribution in [3.63, 3.8) is 0 Å². The van der Waals surface area contributed by atoms with Gasteiger partial charge in [-0.05, 0) is 26.7 Å². The molecule has 0 aromatic carbocycles. The third-order valence-electron chi connectivity index (χ3n) is 4.46. The molecule has 1 aliphatic heterocycles. The molecule has 1 aromatic rings. The molecule has 1 saturated carbocycles. The average Bonchev–Trinajstić information content (AvgIpc) is 3.05. The van der Waals surface area contributed by atoms with Crippen LogP contribution in [0, 0.1) is 13.8 Å². The van der Waals surface area contributed by atoms with Crippen LogP contribution in [0.1, 0.15) is 42.6 Å². The summed E-state index contributed by atoms with van der Waals surface area (Å²) in [5.41, 5.74) is 3.95. The fourth-order valence-corrected chi connectivity index (χ4v) is 4.33. The minimum absolute atomic E-state index is 0.364. The zero-order valence-corrected chi connectivity index (χ0v) is 12.8. The summed E-state index contributed by atoms with van der Waals surface area (Å²) in [6.07, 6.45) is 5.34. The zero-order chi connectivity index (χ0) is 13.5. The summed E-state index contributed by atoms with van der Waals surface area (Å²) in [7, 11) is 2.00. The van der Waals surface area contributed by atoms with Crippen molar-refractivity contribution >= 4 is 16.9 Å². The first-order valence-electron chi connectivity index (χ1n) is 7.04. The van der Waals surface area contributed by atoms with E-state index in [1.54, 1.807) is 0 Å². The Kier molecular flexibility index (Phi) is 3.33. The van der Waals surface area contributed by atoms with Crippen molar-refractivity contribution < 1.29 is 0 Å². The topological polar surface area (TPSA) is 42.2 Å². The SMILES string of the molecule is Cc1nn(C)c(C)c1CN=C1NC2(CCCC2)CS1. The third kappa shape index (κ3) is 2.40. The van der Waals surface area contributed by atoms with Crippen LogP contribution in [-0.4, -0.2) is 26.2 Å². The summed E-state index contributed by atoms with van der Waals surface area (Å²) in [4.78, 5) is 4.76. The number of aromatic nitrogens is 2. The van der Waals surface area contributed by atoms with E-state index in [0.29, 0.717) is 5.54 Å². The van der Waals surface area contributed by atoms with Gasteiger partial charge < -0.3 is 5.32 Å². The van der Waals surface area contributed by atoms with Gasteiger partial charge >= 0.3 is 0 Å². The molecular weight excluding hydrogens is 256 g/mol. The predicted molar refractivity (Wildman–Crippen MR) is 80.6 cm³/mol. The maximum atomic E-state index is 4.76. The molecule has 1 spiro atoms. The molecule has 4 nitrogen and oxygen atoms in total. The highest BCUT2D eigenvalue weighted by atomic mass is 32.2. The van der Waals surface area contributed by atoms with Crippen LogP contribution < -0.4 is 5.32 Å². The standard InChI is InChI=1S/C14H22N4S/c1-10-12(11(2)18(3)17-10)8-15-13-16-14(9-19-13)6-4-5-7-14/h4-9H2,1-3H3,(H,15,16). The lowest BCUT2D eigenvalue weighted by Crippen LogP contribution is -2.40. The van der Waals surface area contributed by atoms with Gasteiger partial charge in [-0.2, -0.15) is 5.10 Å². The molecule has 2 heterocycles. The number of aliphatic imine (C=N–C) groups is 1. The van der Waals surface area contributed by atoms with E-state index >= 15 is 0 Å². The predicted octanol–water partition coefficient (Wildman–Crippen LogP) is 2.54. The van der Waals surface area contributed by atoms with E-state index in [-0.39, 0.29) is 0 Å². The second-order valence-corrected chi connectivity index (χ2v) is 6.76. The highest BCUT2D eigenvalue weighted by Gasteiger charge is 2.39. The van der Waals surface area contributed by atoms with Crippen LogP contribution in [0.5, 0.6) is 0 Å². The van der Waals surface area contributed by atoms with E-state index in [1.807, 2.05) is 23.5 Å². The van der Waals surface area contributed by atoms with Crippen molar-refractivity contribution in [1.82, 2.24) is 15.1 Å². The molecule has 2 aliphatic rings. The number of hydrogen-bond donors (Lipinski definition) is 1.